The molecule has 3 saturated heterocycles. The van der Waals surface area contributed by atoms with E-state index in [9.17, 15) is 0 Å². The van der Waals surface area contributed by atoms with Crippen molar-refractivity contribution in [1.82, 2.24) is 24.4 Å². The van der Waals surface area contributed by atoms with Crippen LogP contribution in [0.1, 0.15) is 12.8 Å². The minimum Gasteiger partial charge on any atom is -0.369 e. The lowest BCUT2D eigenvalue weighted by atomic mass is 9.73. The van der Waals surface area contributed by atoms with Crippen molar-refractivity contribution in [1.29, 1.82) is 0 Å². The van der Waals surface area contributed by atoms with E-state index in [1.165, 1.54) is 12.8 Å². The van der Waals surface area contributed by atoms with Gasteiger partial charge in [-0.2, -0.15) is 4.98 Å². The number of ether oxygens (including phenoxy) is 1. The predicted octanol–water partition coefficient (Wildman–Crippen LogP) is 0.909. The zero-order chi connectivity index (χ0) is 16.5. The Morgan fingerprint density at radius 1 is 1.38 bits per heavy atom. The van der Waals surface area contributed by atoms with Gasteiger partial charge in [-0.05, 0) is 26.9 Å². The predicted molar refractivity (Wildman–Crippen MR) is 90.9 cm³/mol. The zero-order valence-corrected chi connectivity index (χ0v) is 14.5. The molecule has 2 aromatic rings. The lowest BCUT2D eigenvalue weighted by Gasteiger charge is -2.30. The van der Waals surface area contributed by atoms with E-state index in [0.717, 1.165) is 36.7 Å². The molecule has 0 aromatic carbocycles. The van der Waals surface area contributed by atoms with Crippen LogP contribution >= 0.6 is 0 Å². The Kier molecular flexibility index (Phi) is 2.98. The van der Waals surface area contributed by atoms with Crippen molar-refractivity contribution < 1.29 is 4.74 Å². The van der Waals surface area contributed by atoms with Crippen LogP contribution in [0.5, 0.6) is 0 Å². The molecule has 2 bridgehead atoms. The molecule has 0 saturated carbocycles. The number of hydrogen-bond acceptors (Lipinski definition) is 6. The summed E-state index contributed by atoms with van der Waals surface area (Å²) in [4.78, 5) is 18.3. The van der Waals surface area contributed by atoms with E-state index in [2.05, 4.69) is 33.9 Å². The van der Waals surface area contributed by atoms with Crippen LogP contribution in [-0.4, -0.2) is 69.9 Å². The molecule has 4 atom stereocenters. The van der Waals surface area contributed by atoms with E-state index in [4.69, 9.17) is 9.72 Å². The SMILES string of the molecule is CN(C)C[C@H]1[C@@H]2CC[C@@]3(CN(c4ncc5ncn(C)c5n4)C[C@@H]13)O2. The summed E-state index contributed by atoms with van der Waals surface area (Å²) in [5.41, 5.74) is 1.77. The van der Waals surface area contributed by atoms with Gasteiger partial charge >= 0.3 is 0 Å². The van der Waals surface area contributed by atoms with Crippen molar-refractivity contribution in [3.05, 3.63) is 12.5 Å². The second kappa shape index (κ2) is 4.89. The first-order valence-corrected chi connectivity index (χ1v) is 8.77. The van der Waals surface area contributed by atoms with Gasteiger partial charge in [-0.15, -0.1) is 0 Å². The maximum atomic E-state index is 6.50. The van der Waals surface area contributed by atoms with Crippen LogP contribution in [0.15, 0.2) is 12.5 Å². The number of anilines is 1. The Labute approximate surface area is 141 Å². The number of rotatable bonds is 3. The van der Waals surface area contributed by atoms with Crippen molar-refractivity contribution in [2.45, 2.75) is 24.5 Å². The quantitative estimate of drug-likeness (QED) is 0.835. The molecule has 0 amide bonds. The Balaban J connectivity index is 1.46. The van der Waals surface area contributed by atoms with Crippen LogP contribution in [0.25, 0.3) is 11.2 Å². The van der Waals surface area contributed by atoms with Crippen LogP contribution in [0, 0.1) is 11.8 Å². The monoisotopic (exact) mass is 328 g/mol. The molecule has 3 fully saturated rings. The lowest BCUT2D eigenvalue weighted by molar-refractivity contribution is 0.0136. The molecule has 7 nitrogen and oxygen atoms in total. The van der Waals surface area contributed by atoms with Gasteiger partial charge in [0.05, 0.1) is 30.8 Å². The summed E-state index contributed by atoms with van der Waals surface area (Å²) in [5.74, 6) is 2.02. The molecule has 3 aliphatic rings. The molecule has 5 rings (SSSR count). The topological polar surface area (TPSA) is 59.3 Å². The van der Waals surface area contributed by atoms with E-state index in [0.29, 0.717) is 17.9 Å². The summed E-state index contributed by atoms with van der Waals surface area (Å²) < 4.78 is 8.45. The Bertz CT molecular complexity index is 788. The molecule has 24 heavy (non-hydrogen) atoms. The van der Waals surface area contributed by atoms with Gasteiger partial charge in [-0.3, -0.25) is 0 Å². The zero-order valence-electron chi connectivity index (χ0n) is 14.5. The van der Waals surface area contributed by atoms with Gasteiger partial charge in [0.15, 0.2) is 5.65 Å². The molecule has 3 aliphatic heterocycles. The highest BCUT2D eigenvalue weighted by Gasteiger charge is 2.63. The van der Waals surface area contributed by atoms with E-state index < -0.39 is 0 Å². The number of nitrogens with zero attached hydrogens (tertiary/aromatic N) is 6. The maximum absolute atomic E-state index is 6.50. The van der Waals surface area contributed by atoms with Crippen molar-refractivity contribution in [3.63, 3.8) is 0 Å². The van der Waals surface area contributed by atoms with E-state index in [1.807, 2.05) is 17.8 Å². The summed E-state index contributed by atoms with van der Waals surface area (Å²) in [7, 11) is 6.29. The van der Waals surface area contributed by atoms with E-state index in [-0.39, 0.29) is 5.60 Å². The highest BCUT2D eigenvalue weighted by Crippen LogP contribution is 2.55. The van der Waals surface area contributed by atoms with Crippen molar-refractivity contribution in [3.8, 4) is 0 Å². The van der Waals surface area contributed by atoms with Gasteiger partial charge in [-0.1, -0.05) is 0 Å². The van der Waals surface area contributed by atoms with Crippen molar-refractivity contribution in [2.24, 2.45) is 18.9 Å². The smallest absolute Gasteiger partial charge is 0.227 e. The normalized spacial score (nSPS) is 34.7. The van der Waals surface area contributed by atoms with Crippen molar-refractivity contribution >= 4 is 17.1 Å². The highest BCUT2D eigenvalue weighted by molar-refractivity contribution is 5.71. The Hall–Kier alpha value is -1.73. The van der Waals surface area contributed by atoms with Gasteiger partial charge < -0.3 is 19.1 Å². The standard InChI is InChI=1S/C17H24N6O/c1-21(2)7-11-12-8-23(9-17(12)5-4-14(11)24-17)16-18-6-13-15(20-16)22(3)10-19-13/h6,10-12,14H,4-5,7-9H2,1-3H3/t11-,12+,14+,17+/m1/s1. The third kappa shape index (κ3) is 1.94. The third-order valence-electron chi connectivity index (χ3n) is 6.08. The van der Waals surface area contributed by atoms with E-state index in [1.54, 1.807) is 6.33 Å². The molecular formula is C17H24N6O. The molecule has 2 aromatic heterocycles. The lowest BCUT2D eigenvalue weighted by Crippen LogP contribution is -2.40. The molecule has 7 heteroatoms. The minimum atomic E-state index is 0.0239. The number of fused-ring (bicyclic) bond motifs is 2. The summed E-state index contributed by atoms with van der Waals surface area (Å²) in [6.45, 7) is 3.02. The van der Waals surface area contributed by atoms with Gasteiger partial charge in [-0.25, -0.2) is 9.97 Å². The molecule has 1 spiro atoms. The number of aryl methyl sites for hydroxylation is 1. The first-order chi connectivity index (χ1) is 11.6. The Morgan fingerprint density at radius 2 is 2.25 bits per heavy atom. The van der Waals surface area contributed by atoms with E-state index >= 15 is 0 Å². The number of imidazole rings is 1. The summed E-state index contributed by atoms with van der Waals surface area (Å²) >= 11 is 0. The number of hydrogen-bond donors (Lipinski definition) is 0. The molecule has 128 valence electrons. The van der Waals surface area contributed by atoms with Crippen LogP contribution in [0.3, 0.4) is 0 Å². The van der Waals surface area contributed by atoms with Gasteiger partial charge in [0.2, 0.25) is 5.95 Å². The Morgan fingerprint density at radius 3 is 3.08 bits per heavy atom. The highest BCUT2D eigenvalue weighted by atomic mass is 16.5. The van der Waals surface area contributed by atoms with Gasteiger partial charge in [0.25, 0.3) is 0 Å². The maximum Gasteiger partial charge on any atom is 0.227 e. The third-order valence-corrected chi connectivity index (χ3v) is 6.08. The first kappa shape index (κ1) is 14.6. The summed E-state index contributed by atoms with van der Waals surface area (Å²) in [6, 6.07) is 0. The minimum absolute atomic E-state index is 0.0239. The number of aromatic nitrogens is 4. The van der Waals surface area contributed by atoms with Crippen LogP contribution < -0.4 is 4.90 Å². The molecule has 0 radical (unpaired) electrons. The molecule has 0 aliphatic carbocycles. The molecule has 5 heterocycles. The fourth-order valence-electron chi connectivity index (χ4n) is 5.07. The first-order valence-electron chi connectivity index (χ1n) is 8.77. The molecule has 0 N–H and O–H groups in total. The average Bonchev–Trinajstić information content (AvgIpc) is 3.28. The second-order valence-corrected chi connectivity index (χ2v) is 7.91. The fraction of sp³-hybridized carbons (Fsp3) is 0.706. The van der Waals surface area contributed by atoms with Crippen LogP contribution in [0.2, 0.25) is 0 Å². The van der Waals surface area contributed by atoms with Crippen LogP contribution in [0.4, 0.5) is 5.95 Å². The molecule has 0 unspecified atom stereocenters. The van der Waals surface area contributed by atoms with Gasteiger partial charge in [0.1, 0.15) is 5.52 Å². The summed E-state index contributed by atoms with van der Waals surface area (Å²) in [6.07, 6.45) is 6.44. The van der Waals surface area contributed by atoms with Crippen LogP contribution in [-0.2, 0) is 11.8 Å². The second-order valence-electron chi connectivity index (χ2n) is 7.91. The largest absolute Gasteiger partial charge is 0.369 e. The average molecular weight is 328 g/mol. The summed E-state index contributed by atoms with van der Waals surface area (Å²) in [5, 5.41) is 0. The fourth-order valence-corrected chi connectivity index (χ4v) is 5.07. The molecular weight excluding hydrogens is 304 g/mol. The van der Waals surface area contributed by atoms with Crippen molar-refractivity contribution in [2.75, 3.05) is 38.6 Å². The van der Waals surface area contributed by atoms with Gasteiger partial charge in [0, 0.05) is 32.0 Å².